The minimum absolute atomic E-state index is 0.322. The van der Waals surface area contributed by atoms with Crippen LogP contribution in [0.15, 0.2) is 30.3 Å². The highest BCUT2D eigenvalue weighted by Crippen LogP contribution is 2.12. The average Bonchev–Trinajstić information content (AvgIpc) is 2.17. The van der Waals surface area contributed by atoms with Crippen LogP contribution in [0.25, 0.3) is 6.08 Å². The van der Waals surface area contributed by atoms with E-state index in [0.717, 1.165) is 11.3 Å². The molecular formula is C12H12O. The van der Waals surface area contributed by atoms with Gasteiger partial charge in [-0.1, -0.05) is 30.2 Å². The Morgan fingerprint density at radius 3 is 2.62 bits per heavy atom. The molecule has 1 heteroatoms. The Hall–Kier alpha value is -1.68. The predicted molar refractivity (Wildman–Crippen MR) is 55.5 cm³/mol. The zero-order valence-electron chi connectivity index (χ0n) is 7.66. The molecule has 0 radical (unpaired) electrons. The molecule has 0 unspecified atom stereocenters. The Kier molecular flexibility index (Phi) is 3.66. The van der Waals surface area contributed by atoms with Crippen molar-refractivity contribution in [1.82, 2.24) is 0 Å². The number of terminal acetylenes is 1. The van der Waals surface area contributed by atoms with Crippen molar-refractivity contribution in [3.63, 3.8) is 0 Å². The van der Waals surface area contributed by atoms with E-state index in [2.05, 4.69) is 5.92 Å². The number of ether oxygens (including phenoxy) is 1. The van der Waals surface area contributed by atoms with E-state index in [-0.39, 0.29) is 0 Å². The van der Waals surface area contributed by atoms with Crippen molar-refractivity contribution in [2.75, 3.05) is 6.61 Å². The number of rotatable bonds is 3. The molecule has 1 aromatic rings. The summed E-state index contributed by atoms with van der Waals surface area (Å²) in [4.78, 5) is 0. The van der Waals surface area contributed by atoms with Crippen molar-refractivity contribution in [3.8, 4) is 18.1 Å². The van der Waals surface area contributed by atoms with Gasteiger partial charge in [-0.3, -0.25) is 0 Å². The first-order valence-corrected chi connectivity index (χ1v) is 4.16. The van der Waals surface area contributed by atoms with Crippen LogP contribution in [0.4, 0.5) is 0 Å². The van der Waals surface area contributed by atoms with Gasteiger partial charge in [-0.2, -0.15) is 0 Å². The summed E-state index contributed by atoms with van der Waals surface area (Å²) < 4.78 is 5.23. The van der Waals surface area contributed by atoms with Gasteiger partial charge in [-0.15, -0.1) is 6.42 Å². The number of hydrogen-bond acceptors (Lipinski definition) is 1. The molecular weight excluding hydrogens is 160 g/mol. The maximum absolute atomic E-state index is 5.23. The fourth-order valence-corrected chi connectivity index (χ4v) is 0.993. The van der Waals surface area contributed by atoms with E-state index in [1.54, 1.807) is 0 Å². The molecule has 13 heavy (non-hydrogen) atoms. The molecule has 0 aliphatic rings. The molecule has 0 amide bonds. The van der Waals surface area contributed by atoms with Crippen LogP contribution < -0.4 is 4.74 Å². The molecule has 0 fully saturated rings. The summed E-state index contributed by atoms with van der Waals surface area (Å²) in [5, 5.41) is 0. The SMILES string of the molecule is C#CCOc1ccc(C=CC)cc1. The number of benzene rings is 1. The summed E-state index contributed by atoms with van der Waals surface area (Å²) >= 11 is 0. The molecule has 0 N–H and O–H groups in total. The lowest BCUT2D eigenvalue weighted by molar-refractivity contribution is 0.370. The van der Waals surface area contributed by atoms with Crippen molar-refractivity contribution in [1.29, 1.82) is 0 Å². The van der Waals surface area contributed by atoms with Crippen LogP contribution in [0.3, 0.4) is 0 Å². The molecule has 0 aromatic heterocycles. The van der Waals surface area contributed by atoms with Crippen LogP contribution in [-0.4, -0.2) is 6.61 Å². The molecule has 0 aliphatic carbocycles. The van der Waals surface area contributed by atoms with E-state index in [1.165, 1.54) is 0 Å². The molecule has 0 atom stereocenters. The Labute approximate surface area is 79.0 Å². The van der Waals surface area contributed by atoms with Gasteiger partial charge in [0.05, 0.1) is 0 Å². The summed E-state index contributed by atoms with van der Waals surface area (Å²) in [6.45, 7) is 2.31. The highest BCUT2D eigenvalue weighted by Gasteiger charge is 1.90. The highest BCUT2D eigenvalue weighted by molar-refractivity contribution is 5.50. The topological polar surface area (TPSA) is 9.23 Å². The van der Waals surface area contributed by atoms with Gasteiger partial charge in [0.15, 0.2) is 0 Å². The van der Waals surface area contributed by atoms with Crippen molar-refractivity contribution < 1.29 is 4.74 Å². The van der Waals surface area contributed by atoms with Crippen molar-refractivity contribution >= 4 is 6.08 Å². The van der Waals surface area contributed by atoms with Crippen LogP contribution in [0.2, 0.25) is 0 Å². The van der Waals surface area contributed by atoms with Gasteiger partial charge in [-0.05, 0) is 24.6 Å². The smallest absolute Gasteiger partial charge is 0.148 e. The first kappa shape index (κ1) is 9.41. The summed E-state index contributed by atoms with van der Waals surface area (Å²) in [6, 6.07) is 7.80. The molecule has 0 saturated carbocycles. The Morgan fingerprint density at radius 1 is 1.38 bits per heavy atom. The molecule has 0 saturated heterocycles. The normalized spacial score (nSPS) is 9.85. The minimum atomic E-state index is 0.322. The lowest BCUT2D eigenvalue weighted by Crippen LogP contribution is -1.92. The van der Waals surface area contributed by atoms with Gasteiger partial charge >= 0.3 is 0 Å². The maximum Gasteiger partial charge on any atom is 0.148 e. The first-order chi connectivity index (χ1) is 6.36. The molecule has 1 rings (SSSR count). The third kappa shape index (κ3) is 3.04. The summed E-state index contributed by atoms with van der Waals surface area (Å²) in [7, 11) is 0. The molecule has 1 nitrogen and oxygen atoms in total. The molecule has 1 aromatic carbocycles. The Bertz CT molecular complexity index is 314. The highest BCUT2D eigenvalue weighted by atomic mass is 16.5. The van der Waals surface area contributed by atoms with Gasteiger partial charge in [0.1, 0.15) is 12.4 Å². The molecule has 0 bridgehead atoms. The summed E-state index contributed by atoms with van der Waals surface area (Å²) in [5.74, 6) is 3.23. The molecule has 0 spiro atoms. The van der Waals surface area contributed by atoms with Gasteiger partial charge in [0, 0.05) is 0 Å². The monoisotopic (exact) mass is 172 g/mol. The van der Waals surface area contributed by atoms with E-state index < -0.39 is 0 Å². The van der Waals surface area contributed by atoms with Crippen LogP contribution >= 0.6 is 0 Å². The van der Waals surface area contributed by atoms with E-state index in [0.29, 0.717) is 6.61 Å². The van der Waals surface area contributed by atoms with E-state index >= 15 is 0 Å². The minimum Gasteiger partial charge on any atom is -0.481 e. The fourth-order valence-electron chi connectivity index (χ4n) is 0.993. The molecule has 0 aliphatic heterocycles. The number of allylic oxidation sites excluding steroid dienone is 1. The predicted octanol–water partition coefficient (Wildman–Crippen LogP) is 2.73. The molecule has 0 heterocycles. The van der Waals surface area contributed by atoms with Gasteiger partial charge in [0.2, 0.25) is 0 Å². The maximum atomic E-state index is 5.23. The Balaban J connectivity index is 2.65. The third-order valence-corrected chi connectivity index (χ3v) is 1.56. The Morgan fingerprint density at radius 2 is 2.08 bits per heavy atom. The lowest BCUT2D eigenvalue weighted by atomic mass is 10.2. The second kappa shape index (κ2) is 5.05. The zero-order chi connectivity index (χ0) is 9.52. The van der Waals surface area contributed by atoms with Crippen molar-refractivity contribution in [2.24, 2.45) is 0 Å². The second-order valence-corrected chi connectivity index (χ2v) is 2.56. The van der Waals surface area contributed by atoms with Gasteiger partial charge in [-0.25, -0.2) is 0 Å². The van der Waals surface area contributed by atoms with E-state index in [1.807, 2.05) is 43.3 Å². The first-order valence-electron chi connectivity index (χ1n) is 4.16. The average molecular weight is 172 g/mol. The number of hydrogen-bond donors (Lipinski definition) is 0. The van der Waals surface area contributed by atoms with Crippen LogP contribution in [-0.2, 0) is 0 Å². The zero-order valence-corrected chi connectivity index (χ0v) is 7.66. The third-order valence-electron chi connectivity index (χ3n) is 1.56. The fraction of sp³-hybridized carbons (Fsp3) is 0.167. The van der Waals surface area contributed by atoms with Gasteiger partial charge in [0.25, 0.3) is 0 Å². The second-order valence-electron chi connectivity index (χ2n) is 2.56. The standard InChI is InChI=1S/C12H12O/c1-3-5-11-6-8-12(9-7-11)13-10-4-2/h2-3,5-9H,10H2,1H3. The quantitative estimate of drug-likeness (QED) is 0.637. The van der Waals surface area contributed by atoms with E-state index in [4.69, 9.17) is 11.2 Å². The van der Waals surface area contributed by atoms with Crippen LogP contribution in [0, 0.1) is 12.3 Å². The van der Waals surface area contributed by atoms with Crippen molar-refractivity contribution in [3.05, 3.63) is 35.9 Å². The van der Waals surface area contributed by atoms with Crippen LogP contribution in [0.5, 0.6) is 5.75 Å². The molecule has 66 valence electrons. The largest absolute Gasteiger partial charge is 0.481 e. The van der Waals surface area contributed by atoms with Crippen LogP contribution in [0.1, 0.15) is 12.5 Å². The summed E-state index contributed by atoms with van der Waals surface area (Å²) in [6.07, 6.45) is 9.10. The lowest BCUT2D eigenvalue weighted by Gasteiger charge is -2.01. The summed E-state index contributed by atoms with van der Waals surface area (Å²) in [5.41, 5.74) is 1.16. The van der Waals surface area contributed by atoms with Gasteiger partial charge < -0.3 is 4.74 Å². The van der Waals surface area contributed by atoms with Crippen molar-refractivity contribution in [2.45, 2.75) is 6.92 Å². The van der Waals surface area contributed by atoms with E-state index in [9.17, 15) is 0 Å².